The molecule has 2 aromatic rings. The highest BCUT2D eigenvalue weighted by Gasteiger charge is 2.22. The molecule has 0 spiro atoms. The van der Waals surface area contributed by atoms with Gasteiger partial charge >= 0.3 is 5.97 Å². The molecule has 0 radical (unpaired) electrons. The van der Waals surface area contributed by atoms with Crippen molar-refractivity contribution in [3.05, 3.63) is 70.9 Å². The molecule has 0 aliphatic carbocycles. The summed E-state index contributed by atoms with van der Waals surface area (Å²) in [7, 11) is 0. The van der Waals surface area contributed by atoms with E-state index in [9.17, 15) is 14.4 Å². The number of carbonyl (C=O) groups excluding carboxylic acids is 3. The number of rotatable bonds is 12. The van der Waals surface area contributed by atoms with Gasteiger partial charge in [0.15, 0.2) is 0 Å². The van der Waals surface area contributed by atoms with E-state index in [0.29, 0.717) is 13.1 Å². The van der Waals surface area contributed by atoms with Crippen LogP contribution in [-0.2, 0) is 32.2 Å². The van der Waals surface area contributed by atoms with E-state index < -0.39 is 5.97 Å². The lowest BCUT2D eigenvalue weighted by Crippen LogP contribution is -2.42. The average Bonchev–Trinajstić information content (AvgIpc) is 3.25. The SMILES string of the molecule is C=CCN(CC(=O)N(Cc1ccccc1)Cc1cccs1)C(=O)CCC(=O)OCC. The van der Waals surface area contributed by atoms with Gasteiger partial charge in [-0.3, -0.25) is 14.4 Å². The summed E-state index contributed by atoms with van der Waals surface area (Å²) in [6.07, 6.45) is 1.58. The largest absolute Gasteiger partial charge is 0.466 e. The van der Waals surface area contributed by atoms with E-state index in [2.05, 4.69) is 6.58 Å². The zero-order valence-corrected chi connectivity index (χ0v) is 18.1. The number of carbonyl (C=O) groups is 3. The Bertz CT molecular complexity index is 821. The van der Waals surface area contributed by atoms with Crippen LogP contribution < -0.4 is 0 Å². The summed E-state index contributed by atoms with van der Waals surface area (Å²) in [6, 6.07) is 13.7. The molecule has 1 heterocycles. The van der Waals surface area contributed by atoms with Crippen LogP contribution in [-0.4, -0.2) is 47.3 Å². The second-order valence-corrected chi connectivity index (χ2v) is 7.71. The Morgan fingerprint density at radius 1 is 1.00 bits per heavy atom. The van der Waals surface area contributed by atoms with E-state index in [4.69, 9.17) is 4.74 Å². The molecule has 7 heteroatoms. The first-order valence-electron chi connectivity index (χ1n) is 9.91. The Labute approximate surface area is 181 Å². The second-order valence-electron chi connectivity index (χ2n) is 6.68. The molecule has 1 aromatic carbocycles. The predicted molar refractivity (Wildman–Crippen MR) is 118 cm³/mol. The number of amides is 2. The third kappa shape index (κ3) is 7.83. The van der Waals surface area contributed by atoms with Crippen LogP contribution in [0.5, 0.6) is 0 Å². The number of benzene rings is 1. The van der Waals surface area contributed by atoms with Gasteiger partial charge in [0.25, 0.3) is 0 Å². The van der Waals surface area contributed by atoms with Gasteiger partial charge in [-0.15, -0.1) is 17.9 Å². The highest BCUT2D eigenvalue weighted by molar-refractivity contribution is 7.09. The van der Waals surface area contributed by atoms with Gasteiger partial charge in [-0.2, -0.15) is 0 Å². The lowest BCUT2D eigenvalue weighted by molar-refractivity contribution is -0.146. The molecular formula is C23H28N2O4S. The van der Waals surface area contributed by atoms with E-state index in [1.54, 1.807) is 29.2 Å². The summed E-state index contributed by atoms with van der Waals surface area (Å²) in [5, 5.41) is 1.98. The van der Waals surface area contributed by atoms with Gasteiger partial charge in [-0.1, -0.05) is 42.5 Å². The molecule has 0 N–H and O–H groups in total. The standard InChI is InChI=1S/C23H28N2O4S/c1-3-14-24(21(26)12-13-23(28)29-4-2)18-22(27)25(17-20-11-8-15-30-20)16-19-9-6-5-7-10-19/h3,5-11,15H,1,4,12-14,16-18H2,2H3. The summed E-state index contributed by atoms with van der Waals surface area (Å²) < 4.78 is 4.87. The van der Waals surface area contributed by atoms with Crippen molar-refractivity contribution in [2.45, 2.75) is 32.9 Å². The molecule has 0 saturated carbocycles. The molecule has 1 aromatic heterocycles. The molecule has 2 rings (SSSR count). The number of hydrogen-bond donors (Lipinski definition) is 0. The summed E-state index contributed by atoms with van der Waals surface area (Å²) in [5.41, 5.74) is 1.02. The third-order valence-electron chi connectivity index (χ3n) is 4.37. The Kier molecular flexibility index (Phi) is 9.80. The smallest absolute Gasteiger partial charge is 0.306 e. The van der Waals surface area contributed by atoms with Crippen molar-refractivity contribution in [2.75, 3.05) is 19.7 Å². The van der Waals surface area contributed by atoms with Gasteiger partial charge in [-0.05, 0) is 23.9 Å². The fourth-order valence-electron chi connectivity index (χ4n) is 2.90. The zero-order chi connectivity index (χ0) is 21.8. The van der Waals surface area contributed by atoms with Gasteiger partial charge in [0.1, 0.15) is 6.54 Å². The molecule has 0 unspecified atom stereocenters. The van der Waals surface area contributed by atoms with Gasteiger partial charge < -0.3 is 14.5 Å². The maximum absolute atomic E-state index is 13.1. The van der Waals surface area contributed by atoms with Crippen LogP contribution in [0.4, 0.5) is 0 Å². The van der Waals surface area contributed by atoms with Crippen molar-refractivity contribution in [3.63, 3.8) is 0 Å². The molecule has 0 aliphatic rings. The van der Waals surface area contributed by atoms with Crippen LogP contribution in [0.1, 0.15) is 30.2 Å². The fraction of sp³-hybridized carbons (Fsp3) is 0.348. The minimum absolute atomic E-state index is 0.00255. The minimum Gasteiger partial charge on any atom is -0.466 e. The van der Waals surface area contributed by atoms with E-state index >= 15 is 0 Å². The average molecular weight is 429 g/mol. The van der Waals surface area contributed by atoms with Crippen molar-refractivity contribution in [2.24, 2.45) is 0 Å². The second kappa shape index (κ2) is 12.6. The van der Waals surface area contributed by atoms with Gasteiger partial charge in [0, 0.05) is 24.4 Å². The highest BCUT2D eigenvalue weighted by Crippen LogP contribution is 2.15. The van der Waals surface area contributed by atoms with Crippen LogP contribution in [0, 0.1) is 0 Å². The maximum Gasteiger partial charge on any atom is 0.306 e. The quantitative estimate of drug-likeness (QED) is 0.382. The predicted octanol–water partition coefficient (Wildman–Crippen LogP) is 3.63. The number of esters is 1. The zero-order valence-electron chi connectivity index (χ0n) is 17.3. The van der Waals surface area contributed by atoms with Crippen molar-refractivity contribution in [1.29, 1.82) is 0 Å². The topological polar surface area (TPSA) is 66.9 Å². The maximum atomic E-state index is 13.1. The lowest BCUT2D eigenvalue weighted by Gasteiger charge is -2.27. The van der Waals surface area contributed by atoms with E-state index in [-0.39, 0.29) is 44.4 Å². The molecule has 0 aliphatic heterocycles. The molecule has 0 bridgehead atoms. The van der Waals surface area contributed by atoms with Crippen molar-refractivity contribution < 1.29 is 19.1 Å². The lowest BCUT2D eigenvalue weighted by atomic mass is 10.2. The van der Waals surface area contributed by atoms with Crippen LogP contribution in [0.15, 0.2) is 60.5 Å². The van der Waals surface area contributed by atoms with Crippen LogP contribution in [0.25, 0.3) is 0 Å². The summed E-state index contributed by atoms with van der Waals surface area (Å²) in [4.78, 5) is 41.5. The minimum atomic E-state index is -0.417. The molecular weight excluding hydrogens is 400 g/mol. The van der Waals surface area contributed by atoms with Crippen molar-refractivity contribution in [1.82, 2.24) is 9.80 Å². The number of hydrogen-bond acceptors (Lipinski definition) is 5. The fourth-order valence-corrected chi connectivity index (χ4v) is 3.62. The normalized spacial score (nSPS) is 10.3. The first kappa shape index (κ1) is 23.3. The Morgan fingerprint density at radius 2 is 1.77 bits per heavy atom. The van der Waals surface area contributed by atoms with Gasteiger partial charge in [-0.25, -0.2) is 0 Å². The van der Waals surface area contributed by atoms with Crippen molar-refractivity contribution >= 4 is 29.1 Å². The molecule has 0 fully saturated rings. The van der Waals surface area contributed by atoms with Crippen LogP contribution in [0.2, 0.25) is 0 Å². The molecule has 0 atom stereocenters. The Balaban J connectivity index is 2.06. The molecule has 30 heavy (non-hydrogen) atoms. The third-order valence-corrected chi connectivity index (χ3v) is 5.23. The van der Waals surface area contributed by atoms with Crippen LogP contribution >= 0.6 is 11.3 Å². The number of thiophene rings is 1. The highest BCUT2D eigenvalue weighted by atomic mass is 32.1. The molecule has 160 valence electrons. The summed E-state index contributed by atoms with van der Waals surface area (Å²) >= 11 is 1.59. The molecule has 0 saturated heterocycles. The van der Waals surface area contributed by atoms with E-state index in [0.717, 1.165) is 10.4 Å². The Morgan fingerprint density at radius 3 is 2.40 bits per heavy atom. The van der Waals surface area contributed by atoms with Crippen LogP contribution in [0.3, 0.4) is 0 Å². The molecule has 2 amide bonds. The monoisotopic (exact) mass is 428 g/mol. The first-order valence-corrected chi connectivity index (χ1v) is 10.8. The van der Waals surface area contributed by atoms with E-state index in [1.165, 1.54) is 4.90 Å². The Hall–Kier alpha value is -2.93. The number of ether oxygens (including phenoxy) is 1. The first-order chi connectivity index (χ1) is 14.5. The van der Waals surface area contributed by atoms with Gasteiger partial charge in [0.05, 0.1) is 19.6 Å². The summed E-state index contributed by atoms with van der Waals surface area (Å²) in [6.45, 7) is 6.79. The van der Waals surface area contributed by atoms with Gasteiger partial charge in [0.2, 0.25) is 11.8 Å². The van der Waals surface area contributed by atoms with Crippen molar-refractivity contribution in [3.8, 4) is 0 Å². The molecule has 6 nitrogen and oxygen atoms in total. The van der Waals surface area contributed by atoms with E-state index in [1.807, 2.05) is 47.8 Å². The summed E-state index contributed by atoms with van der Waals surface area (Å²) in [5.74, 6) is -0.843. The number of nitrogens with zero attached hydrogens (tertiary/aromatic N) is 2.